The number of nitrogens with zero attached hydrogens (tertiary/aromatic N) is 1. The predicted octanol–water partition coefficient (Wildman–Crippen LogP) is 2.18. The van der Waals surface area contributed by atoms with E-state index in [1.165, 1.54) is 4.90 Å². The maximum absolute atomic E-state index is 12.6. The van der Waals surface area contributed by atoms with Crippen LogP contribution in [-0.2, 0) is 20.9 Å². The predicted molar refractivity (Wildman–Crippen MR) is 95.4 cm³/mol. The lowest BCUT2D eigenvalue weighted by Gasteiger charge is -2.24. The highest BCUT2D eigenvalue weighted by atomic mass is 16.6. The summed E-state index contributed by atoms with van der Waals surface area (Å²) < 4.78 is 5.33. The Kier molecular flexibility index (Phi) is 7.15. The van der Waals surface area contributed by atoms with Crippen molar-refractivity contribution in [2.45, 2.75) is 51.3 Å². The third-order valence-corrected chi connectivity index (χ3v) is 4.59. The second kappa shape index (κ2) is 9.33. The largest absolute Gasteiger partial charge is 0.480 e. The van der Waals surface area contributed by atoms with Gasteiger partial charge in [0.25, 0.3) is 0 Å². The molecule has 1 aromatic carbocycles. The number of amides is 1. The van der Waals surface area contributed by atoms with Crippen LogP contribution < -0.4 is 5.73 Å². The molecule has 0 spiro atoms. The van der Waals surface area contributed by atoms with Crippen LogP contribution in [0.2, 0.25) is 0 Å². The van der Waals surface area contributed by atoms with E-state index in [-0.39, 0.29) is 31.1 Å². The molecule has 0 saturated carbocycles. The SMILES string of the molecule is CC(CC(=O)C1CCCN1C(=O)OCc1ccccc1)C[C@@H](N)C(=O)O. The van der Waals surface area contributed by atoms with Crippen molar-refractivity contribution in [3.63, 3.8) is 0 Å². The molecule has 0 bridgehead atoms. The lowest BCUT2D eigenvalue weighted by molar-refractivity contribution is -0.139. The van der Waals surface area contributed by atoms with Crippen molar-refractivity contribution in [2.24, 2.45) is 11.7 Å². The van der Waals surface area contributed by atoms with Crippen molar-refractivity contribution in [2.75, 3.05) is 6.54 Å². The van der Waals surface area contributed by atoms with Gasteiger partial charge in [-0.1, -0.05) is 37.3 Å². The summed E-state index contributed by atoms with van der Waals surface area (Å²) in [5, 5.41) is 8.87. The quantitative estimate of drug-likeness (QED) is 0.733. The van der Waals surface area contributed by atoms with E-state index in [2.05, 4.69) is 0 Å². The lowest BCUT2D eigenvalue weighted by Crippen LogP contribution is -2.41. The Balaban J connectivity index is 1.86. The Morgan fingerprint density at radius 3 is 2.65 bits per heavy atom. The molecule has 7 heteroatoms. The molecule has 3 atom stereocenters. The molecule has 0 aromatic heterocycles. The number of hydrogen-bond acceptors (Lipinski definition) is 5. The Hall–Kier alpha value is -2.41. The molecule has 2 unspecified atom stereocenters. The topological polar surface area (TPSA) is 110 Å². The number of aliphatic carboxylic acids is 1. The van der Waals surface area contributed by atoms with E-state index >= 15 is 0 Å². The van der Waals surface area contributed by atoms with E-state index in [0.29, 0.717) is 13.0 Å². The number of likely N-dealkylation sites (tertiary alicyclic amines) is 1. The molecule has 1 aliphatic heterocycles. The van der Waals surface area contributed by atoms with Crippen LogP contribution in [0.1, 0.15) is 38.2 Å². The van der Waals surface area contributed by atoms with Crippen LogP contribution in [0.4, 0.5) is 4.79 Å². The fraction of sp³-hybridized carbons (Fsp3) is 0.526. The Labute approximate surface area is 153 Å². The summed E-state index contributed by atoms with van der Waals surface area (Å²) in [6, 6.07) is 7.89. The Morgan fingerprint density at radius 1 is 1.31 bits per heavy atom. The first kappa shape index (κ1) is 19.9. The van der Waals surface area contributed by atoms with Crippen molar-refractivity contribution in [1.29, 1.82) is 0 Å². The van der Waals surface area contributed by atoms with Crippen LogP contribution in [0.15, 0.2) is 30.3 Å². The van der Waals surface area contributed by atoms with Gasteiger partial charge in [-0.15, -0.1) is 0 Å². The molecule has 142 valence electrons. The Morgan fingerprint density at radius 2 is 2.00 bits per heavy atom. The van der Waals surface area contributed by atoms with Crippen LogP contribution in [0.3, 0.4) is 0 Å². The van der Waals surface area contributed by atoms with E-state index in [1.54, 1.807) is 6.92 Å². The minimum absolute atomic E-state index is 0.0655. The standard InChI is InChI=1S/C19H26N2O5/c1-13(10-15(20)18(23)24)11-17(22)16-8-5-9-21(16)19(25)26-12-14-6-3-2-4-7-14/h2-4,6-7,13,15-16H,5,8-12,20H2,1H3,(H,23,24)/t13?,15-,16?/m1/s1. The highest BCUT2D eigenvalue weighted by molar-refractivity contribution is 5.88. The van der Waals surface area contributed by atoms with Crippen molar-refractivity contribution in [1.82, 2.24) is 4.90 Å². The van der Waals surface area contributed by atoms with Crippen LogP contribution in [0, 0.1) is 5.92 Å². The maximum Gasteiger partial charge on any atom is 0.410 e. The van der Waals surface area contributed by atoms with Gasteiger partial charge in [0.2, 0.25) is 0 Å². The number of carboxylic acid groups (broad SMARTS) is 1. The lowest BCUT2D eigenvalue weighted by atomic mass is 9.93. The summed E-state index contributed by atoms with van der Waals surface area (Å²) in [4.78, 5) is 37.2. The molecule has 7 nitrogen and oxygen atoms in total. The number of carbonyl (C=O) groups is 3. The van der Waals surface area contributed by atoms with Gasteiger partial charge in [0, 0.05) is 13.0 Å². The van der Waals surface area contributed by atoms with Gasteiger partial charge in [-0.3, -0.25) is 14.5 Å². The van der Waals surface area contributed by atoms with Crippen molar-refractivity contribution in [3.8, 4) is 0 Å². The number of carboxylic acids is 1. The summed E-state index contributed by atoms with van der Waals surface area (Å²) in [6.07, 6.45) is 1.30. The van der Waals surface area contributed by atoms with E-state index < -0.39 is 24.1 Å². The van der Waals surface area contributed by atoms with Gasteiger partial charge < -0.3 is 15.6 Å². The van der Waals surface area contributed by atoms with Crippen molar-refractivity contribution >= 4 is 17.8 Å². The monoisotopic (exact) mass is 362 g/mol. The average Bonchev–Trinajstić information content (AvgIpc) is 3.10. The minimum Gasteiger partial charge on any atom is -0.480 e. The fourth-order valence-electron chi connectivity index (χ4n) is 3.22. The van der Waals surface area contributed by atoms with Crippen LogP contribution in [0.5, 0.6) is 0 Å². The molecular formula is C19H26N2O5. The van der Waals surface area contributed by atoms with Crippen LogP contribution in [0.25, 0.3) is 0 Å². The van der Waals surface area contributed by atoms with E-state index in [9.17, 15) is 14.4 Å². The molecular weight excluding hydrogens is 336 g/mol. The maximum atomic E-state index is 12.6. The molecule has 1 fully saturated rings. The number of hydrogen-bond donors (Lipinski definition) is 2. The van der Waals surface area contributed by atoms with Gasteiger partial charge in [0.1, 0.15) is 12.6 Å². The normalized spacial score (nSPS) is 19.0. The average molecular weight is 362 g/mol. The van der Waals surface area contributed by atoms with Crippen molar-refractivity contribution in [3.05, 3.63) is 35.9 Å². The third-order valence-electron chi connectivity index (χ3n) is 4.59. The molecule has 0 radical (unpaired) electrons. The molecule has 0 aliphatic carbocycles. The first-order valence-electron chi connectivity index (χ1n) is 8.87. The second-order valence-corrected chi connectivity index (χ2v) is 6.85. The number of nitrogens with two attached hydrogens (primary N) is 1. The first-order chi connectivity index (χ1) is 12.4. The molecule has 2 rings (SSSR count). The van der Waals surface area contributed by atoms with Gasteiger partial charge in [0.15, 0.2) is 5.78 Å². The number of benzene rings is 1. The van der Waals surface area contributed by atoms with Gasteiger partial charge in [0.05, 0.1) is 6.04 Å². The third kappa shape index (κ3) is 5.56. The van der Waals surface area contributed by atoms with Gasteiger partial charge in [-0.25, -0.2) is 4.79 Å². The summed E-state index contributed by atoms with van der Waals surface area (Å²) >= 11 is 0. The van der Waals surface area contributed by atoms with E-state index in [1.807, 2.05) is 30.3 Å². The molecule has 3 N–H and O–H groups in total. The molecule has 26 heavy (non-hydrogen) atoms. The molecule has 1 saturated heterocycles. The molecule has 1 heterocycles. The summed E-state index contributed by atoms with van der Waals surface area (Å²) in [5.74, 6) is -1.29. The smallest absolute Gasteiger partial charge is 0.410 e. The number of Topliss-reactive ketones (excluding diaryl/α,β-unsaturated/α-hetero) is 1. The fourth-order valence-corrected chi connectivity index (χ4v) is 3.22. The minimum atomic E-state index is -1.07. The summed E-state index contributed by atoms with van der Waals surface area (Å²) in [5.41, 5.74) is 6.41. The number of ketones is 1. The summed E-state index contributed by atoms with van der Waals surface area (Å²) in [6.45, 7) is 2.46. The zero-order valence-corrected chi connectivity index (χ0v) is 15.0. The Bertz CT molecular complexity index is 634. The van der Waals surface area contributed by atoms with Crippen molar-refractivity contribution < 1.29 is 24.2 Å². The van der Waals surface area contributed by atoms with E-state index in [4.69, 9.17) is 15.6 Å². The number of carbonyl (C=O) groups excluding carboxylic acids is 2. The summed E-state index contributed by atoms with van der Waals surface area (Å²) in [7, 11) is 0. The highest BCUT2D eigenvalue weighted by Crippen LogP contribution is 2.23. The van der Waals surface area contributed by atoms with Gasteiger partial charge >= 0.3 is 12.1 Å². The first-order valence-corrected chi connectivity index (χ1v) is 8.87. The van der Waals surface area contributed by atoms with Gasteiger partial charge in [-0.2, -0.15) is 0 Å². The molecule has 1 aromatic rings. The zero-order valence-electron chi connectivity index (χ0n) is 15.0. The number of ether oxygens (including phenoxy) is 1. The second-order valence-electron chi connectivity index (χ2n) is 6.85. The zero-order chi connectivity index (χ0) is 19.1. The molecule has 1 amide bonds. The van der Waals surface area contributed by atoms with Crippen LogP contribution >= 0.6 is 0 Å². The van der Waals surface area contributed by atoms with E-state index in [0.717, 1.165) is 12.0 Å². The van der Waals surface area contributed by atoms with Crippen LogP contribution in [-0.4, -0.2) is 46.5 Å². The molecule has 1 aliphatic rings. The number of rotatable bonds is 8. The highest BCUT2D eigenvalue weighted by Gasteiger charge is 2.35. The van der Waals surface area contributed by atoms with Gasteiger partial charge in [-0.05, 0) is 30.7 Å².